The third-order valence-corrected chi connectivity index (χ3v) is 14.9. The molecule has 3 heterocycles. The number of benzene rings is 2. The van der Waals surface area contributed by atoms with E-state index in [1.807, 2.05) is 52.8 Å². The Balaban J connectivity index is 1.62. The molecule has 19 atom stereocenters. The van der Waals surface area contributed by atoms with Crippen molar-refractivity contribution in [2.24, 2.45) is 23.7 Å². The fourth-order valence-electron chi connectivity index (χ4n) is 10.6. The van der Waals surface area contributed by atoms with Crippen molar-refractivity contribution >= 4 is 17.9 Å². The van der Waals surface area contributed by atoms with Crippen LogP contribution in [-0.2, 0) is 47.4 Å². The van der Waals surface area contributed by atoms with E-state index in [9.17, 15) is 29.7 Å². The van der Waals surface area contributed by atoms with E-state index in [2.05, 4.69) is 0 Å². The molecular formula is C52H79NO15. The molecule has 0 bridgehead atoms. The van der Waals surface area contributed by atoms with Gasteiger partial charge in [0.05, 0.1) is 65.3 Å². The Morgan fingerprint density at radius 1 is 0.750 bits per heavy atom. The first kappa shape index (κ1) is 55.4. The first-order valence-electron chi connectivity index (χ1n) is 24.1. The van der Waals surface area contributed by atoms with E-state index in [0.717, 1.165) is 0 Å². The van der Waals surface area contributed by atoms with Crippen LogP contribution in [0.2, 0.25) is 0 Å². The number of methoxy groups -OCH3 is 2. The predicted molar refractivity (Wildman–Crippen MR) is 251 cm³/mol. The molecule has 0 aromatic heterocycles. The predicted octanol–water partition coefficient (Wildman–Crippen LogP) is 5.96. The van der Waals surface area contributed by atoms with Crippen molar-refractivity contribution in [3.63, 3.8) is 0 Å². The van der Waals surface area contributed by atoms with Gasteiger partial charge in [0.25, 0.3) is 0 Å². The molecule has 3 aliphatic heterocycles. The maximum Gasteiger partial charge on any atom is 0.338 e. The fourth-order valence-corrected chi connectivity index (χ4v) is 10.6. The van der Waals surface area contributed by atoms with Crippen molar-refractivity contribution < 1.29 is 72.3 Å². The largest absolute Gasteiger partial charge is 0.459 e. The van der Waals surface area contributed by atoms with Crippen LogP contribution < -0.4 is 0 Å². The molecule has 16 heteroatoms. The second-order valence-electron chi connectivity index (χ2n) is 20.4. The van der Waals surface area contributed by atoms with E-state index in [0.29, 0.717) is 17.5 Å². The van der Waals surface area contributed by atoms with Crippen molar-refractivity contribution in [1.29, 1.82) is 0 Å². The lowest BCUT2D eigenvalue weighted by molar-refractivity contribution is -0.319. The minimum Gasteiger partial charge on any atom is -0.459 e. The highest BCUT2D eigenvalue weighted by molar-refractivity contribution is 5.90. The zero-order valence-corrected chi connectivity index (χ0v) is 42.5. The van der Waals surface area contributed by atoms with E-state index in [-0.39, 0.29) is 31.4 Å². The number of likely N-dealkylation sites (N-methyl/N-ethyl adjacent to an activating group) is 1. The molecular weight excluding hydrogens is 879 g/mol. The van der Waals surface area contributed by atoms with Gasteiger partial charge in [-0.15, -0.1) is 0 Å². The molecule has 3 aliphatic rings. The highest BCUT2D eigenvalue weighted by Crippen LogP contribution is 2.43. The van der Waals surface area contributed by atoms with Crippen molar-refractivity contribution in [3.05, 3.63) is 71.8 Å². The van der Waals surface area contributed by atoms with Crippen molar-refractivity contribution in [2.45, 2.75) is 185 Å². The molecule has 0 radical (unpaired) electrons. The van der Waals surface area contributed by atoms with Crippen LogP contribution in [0.4, 0.5) is 0 Å². The van der Waals surface area contributed by atoms with Gasteiger partial charge in [0.1, 0.15) is 17.3 Å². The van der Waals surface area contributed by atoms with Crippen LogP contribution >= 0.6 is 0 Å². The average molecular weight is 958 g/mol. The van der Waals surface area contributed by atoms with Crippen molar-refractivity contribution in [1.82, 2.24) is 4.90 Å². The molecule has 0 unspecified atom stereocenters. The molecule has 3 fully saturated rings. The smallest absolute Gasteiger partial charge is 0.338 e. The molecule has 68 heavy (non-hydrogen) atoms. The number of hydrogen-bond donors (Lipinski definition) is 3. The maximum absolute atomic E-state index is 14.7. The van der Waals surface area contributed by atoms with Gasteiger partial charge in [0.2, 0.25) is 0 Å². The number of carbonyl (C=O) groups is 3. The van der Waals surface area contributed by atoms with Crippen LogP contribution in [0, 0.1) is 23.7 Å². The van der Waals surface area contributed by atoms with E-state index in [1.165, 1.54) is 21.1 Å². The lowest BCUT2D eigenvalue weighted by Gasteiger charge is -2.50. The Kier molecular flexibility index (Phi) is 18.8. The van der Waals surface area contributed by atoms with E-state index < -0.39 is 120 Å². The molecule has 0 spiro atoms. The Labute approximate surface area is 403 Å². The summed E-state index contributed by atoms with van der Waals surface area (Å²) in [6.07, 6.45) is -10.3. The quantitative estimate of drug-likeness (QED) is 0.166. The van der Waals surface area contributed by atoms with E-state index >= 15 is 0 Å². The van der Waals surface area contributed by atoms with Gasteiger partial charge in [-0.05, 0) is 105 Å². The number of carbonyl (C=O) groups excluding carboxylic acids is 3. The van der Waals surface area contributed by atoms with Crippen LogP contribution in [0.15, 0.2) is 60.7 Å². The molecule has 0 saturated carbocycles. The summed E-state index contributed by atoms with van der Waals surface area (Å²) < 4.78 is 58.5. The lowest BCUT2D eigenvalue weighted by Crippen LogP contribution is -2.62. The zero-order chi connectivity index (χ0) is 50.5. The number of cyclic esters (lactones) is 1. The van der Waals surface area contributed by atoms with Crippen molar-refractivity contribution in [3.8, 4) is 0 Å². The maximum atomic E-state index is 14.7. The van der Waals surface area contributed by atoms with E-state index in [4.69, 9.17) is 42.6 Å². The molecule has 382 valence electrons. The summed E-state index contributed by atoms with van der Waals surface area (Å²) in [5, 5.41) is 35.6. The van der Waals surface area contributed by atoms with Crippen LogP contribution in [0.5, 0.6) is 0 Å². The SMILES string of the molecule is CC[C@H]1OC(=O)[C@H](C)[C@@H](O[C@H]2C[C@@](C)(OC)[C@@H](OC(=O)c3ccccc3)[C@H](C)O2)[C@H](C)[C@@H](O[C@@H]2O[C@H](C)C[C@H](N(C)C)[C@H]2OC(=O)c2ccccc2)[C@](C)(OC)C[C@@H](C)[C@H](O)[C@H](C)[C@@H](O)[C@]1(C)O. The minimum atomic E-state index is -1.97. The molecule has 2 aromatic rings. The third kappa shape index (κ3) is 12.3. The number of rotatable bonds is 12. The minimum absolute atomic E-state index is 0.0590. The van der Waals surface area contributed by atoms with Gasteiger partial charge >= 0.3 is 17.9 Å². The normalized spacial score (nSPS) is 41.0. The number of nitrogens with zero attached hydrogens (tertiary/aromatic N) is 1. The fraction of sp³-hybridized carbons (Fsp3) is 0.712. The summed E-state index contributed by atoms with van der Waals surface area (Å²) in [5.41, 5.74) is -3.69. The monoisotopic (exact) mass is 958 g/mol. The zero-order valence-electron chi connectivity index (χ0n) is 42.5. The summed E-state index contributed by atoms with van der Waals surface area (Å²) in [6.45, 7) is 17.4. The van der Waals surface area contributed by atoms with Crippen molar-refractivity contribution in [2.75, 3.05) is 28.3 Å². The summed E-state index contributed by atoms with van der Waals surface area (Å²) in [7, 11) is 6.84. The molecule has 16 nitrogen and oxygen atoms in total. The average Bonchev–Trinajstić information content (AvgIpc) is 3.31. The highest BCUT2D eigenvalue weighted by atomic mass is 16.7. The summed E-state index contributed by atoms with van der Waals surface area (Å²) in [4.78, 5) is 43.9. The van der Waals surface area contributed by atoms with Gasteiger partial charge in [-0.1, -0.05) is 64.1 Å². The number of aliphatic hydroxyl groups is 3. The van der Waals surface area contributed by atoms with Gasteiger partial charge in [-0.2, -0.15) is 0 Å². The second-order valence-corrected chi connectivity index (χ2v) is 20.4. The molecule has 3 N–H and O–H groups in total. The van der Waals surface area contributed by atoms with Crippen LogP contribution in [0.3, 0.4) is 0 Å². The molecule has 0 amide bonds. The summed E-state index contributed by atoms with van der Waals surface area (Å²) in [6, 6.07) is 16.9. The van der Waals surface area contributed by atoms with Gasteiger partial charge in [0.15, 0.2) is 24.8 Å². The highest BCUT2D eigenvalue weighted by Gasteiger charge is 2.55. The molecule has 3 saturated heterocycles. The summed E-state index contributed by atoms with van der Waals surface area (Å²) >= 11 is 0. The van der Waals surface area contributed by atoms with Gasteiger partial charge in [-0.25, -0.2) is 9.59 Å². The molecule has 0 aliphatic carbocycles. The number of aliphatic hydroxyl groups excluding tert-OH is 2. The number of esters is 3. The number of hydrogen-bond acceptors (Lipinski definition) is 16. The first-order valence-corrected chi connectivity index (χ1v) is 24.1. The Morgan fingerprint density at radius 2 is 1.29 bits per heavy atom. The topological polar surface area (TPSA) is 198 Å². The van der Waals surface area contributed by atoms with Gasteiger partial charge in [0, 0.05) is 32.5 Å². The number of ether oxygens (including phenoxy) is 9. The van der Waals surface area contributed by atoms with Crippen LogP contribution in [-0.4, -0.2) is 157 Å². The first-order chi connectivity index (χ1) is 31.9. The standard InChI is InChI=1S/C52H79NO15/c1-15-38-52(10,59)43(55)31(4)40(54)29(2)27-50(8,60-13)44(68-49-42(37(53(11)12)26-30(3)62-49)66-47(57)35-22-18-16-19-23-35)32(5)41(33(6)46(56)64-38)65-39-28-51(9,61-14)45(34(7)63-39)67-48(58)36-24-20-17-21-25-36/h16-25,29-34,37-45,49,54-55,59H,15,26-28H2,1-14H3/t29-,30-,31+,32+,33-,34+,37+,38-,39+,40+,41+,42-,43-,44-,45+,49+,50-,51-,52-/m1/s1. The molecule has 2 aromatic carbocycles. The lowest BCUT2D eigenvalue weighted by atomic mass is 9.73. The Hall–Kier alpha value is -3.55. The Morgan fingerprint density at radius 3 is 1.82 bits per heavy atom. The van der Waals surface area contributed by atoms with Crippen LogP contribution in [0.25, 0.3) is 0 Å². The summed E-state index contributed by atoms with van der Waals surface area (Å²) in [5.74, 6) is -5.20. The molecule has 5 rings (SSSR count). The van der Waals surface area contributed by atoms with Gasteiger partial charge < -0.3 is 62.9 Å². The van der Waals surface area contributed by atoms with Crippen LogP contribution in [0.1, 0.15) is 116 Å². The third-order valence-electron chi connectivity index (χ3n) is 14.9. The van der Waals surface area contributed by atoms with Gasteiger partial charge in [-0.3, -0.25) is 4.79 Å². The Bertz CT molecular complexity index is 1940. The van der Waals surface area contributed by atoms with E-state index in [1.54, 1.807) is 89.2 Å². The second kappa shape index (κ2) is 23.1.